The van der Waals surface area contributed by atoms with Crippen molar-refractivity contribution in [1.29, 1.82) is 0 Å². The zero-order valence-electron chi connectivity index (χ0n) is 14.7. The molecule has 138 valence electrons. The Labute approximate surface area is 150 Å². The molecule has 1 aromatic heterocycles. The third kappa shape index (κ3) is 4.06. The Morgan fingerprint density at radius 1 is 1.35 bits per heavy atom. The molecule has 9 nitrogen and oxygen atoms in total. The number of methoxy groups -OCH3 is 1. The third-order valence-corrected chi connectivity index (χ3v) is 3.97. The molecule has 0 saturated heterocycles. The first-order valence-corrected chi connectivity index (χ1v) is 8.27. The summed E-state index contributed by atoms with van der Waals surface area (Å²) in [6.45, 7) is 3.02. The number of nitrogens with one attached hydrogen (secondary N) is 2. The van der Waals surface area contributed by atoms with Gasteiger partial charge in [-0.25, -0.2) is 4.68 Å². The number of fused-ring (bicyclic) bond motifs is 1. The van der Waals surface area contributed by atoms with Crippen molar-refractivity contribution in [3.63, 3.8) is 0 Å². The fourth-order valence-electron chi connectivity index (χ4n) is 2.61. The van der Waals surface area contributed by atoms with Gasteiger partial charge in [0.15, 0.2) is 5.82 Å². The molecule has 2 amide bonds. The lowest BCUT2D eigenvalue weighted by Crippen LogP contribution is -2.24. The summed E-state index contributed by atoms with van der Waals surface area (Å²) in [6.07, 6.45) is -0.0273. The number of ether oxygens (including phenoxy) is 2. The van der Waals surface area contributed by atoms with E-state index in [1.807, 2.05) is 31.2 Å². The minimum atomic E-state index is -0.728. The van der Waals surface area contributed by atoms with E-state index in [0.717, 1.165) is 11.3 Å². The average molecular weight is 359 g/mol. The van der Waals surface area contributed by atoms with Crippen molar-refractivity contribution >= 4 is 23.5 Å². The van der Waals surface area contributed by atoms with Gasteiger partial charge in [-0.2, -0.15) is 10.1 Å². The van der Waals surface area contributed by atoms with Crippen LogP contribution in [0.15, 0.2) is 24.3 Å². The Hall–Kier alpha value is -2.78. The molecule has 0 unspecified atom stereocenters. The lowest BCUT2D eigenvalue weighted by molar-refractivity contribution is -0.123. The molecule has 0 radical (unpaired) electrons. The highest BCUT2D eigenvalue weighted by Gasteiger charge is 2.35. The number of anilines is 2. The number of hydrogen-bond donors (Lipinski definition) is 2. The number of hydrogen-bond acceptors (Lipinski definition) is 6. The van der Waals surface area contributed by atoms with Gasteiger partial charge < -0.3 is 14.8 Å². The molecule has 0 spiro atoms. The van der Waals surface area contributed by atoms with Gasteiger partial charge >= 0.3 is 0 Å². The first-order valence-electron chi connectivity index (χ1n) is 8.27. The maximum absolute atomic E-state index is 12.3. The first kappa shape index (κ1) is 18.0. The highest BCUT2D eigenvalue weighted by Crippen LogP contribution is 2.26. The van der Waals surface area contributed by atoms with Gasteiger partial charge in [0.1, 0.15) is 12.6 Å². The molecule has 0 aliphatic carbocycles. The van der Waals surface area contributed by atoms with Gasteiger partial charge in [0.25, 0.3) is 5.91 Å². The summed E-state index contributed by atoms with van der Waals surface area (Å²) >= 11 is 0. The molecule has 26 heavy (non-hydrogen) atoms. The van der Waals surface area contributed by atoms with Gasteiger partial charge in [-0.15, -0.1) is 0 Å². The van der Waals surface area contributed by atoms with Crippen LogP contribution in [-0.4, -0.2) is 46.9 Å². The third-order valence-electron chi connectivity index (χ3n) is 3.97. The van der Waals surface area contributed by atoms with E-state index in [9.17, 15) is 9.59 Å². The van der Waals surface area contributed by atoms with Crippen LogP contribution in [0.1, 0.15) is 23.9 Å². The largest absolute Gasteiger partial charge is 0.382 e. The Morgan fingerprint density at radius 2 is 2.15 bits per heavy atom. The van der Waals surface area contributed by atoms with Crippen LogP contribution in [0.2, 0.25) is 0 Å². The highest BCUT2D eigenvalue weighted by atomic mass is 16.5. The number of nitrogens with zero attached hydrogens (tertiary/aromatic N) is 3. The Morgan fingerprint density at radius 3 is 2.92 bits per heavy atom. The predicted molar refractivity (Wildman–Crippen MR) is 93.6 cm³/mol. The molecule has 0 saturated carbocycles. The summed E-state index contributed by atoms with van der Waals surface area (Å²) < 4.78 is 11.7. The van der Waals surface area contributed by atoms with Crippen molar-refractivity contribution in [2.24, 2.45) is 0 Å². The average Bonchev–Trinajstić information content (AvgIpc) is 3.12. The minimum absolute atomic E-state index is 0.0273. The molecule has 1 aromatic carbocycles. The minimum Gasteiger partial charge on any atom is -0.382 e. The highest BCUT2D eigenvalue weighted by molar-refractivity contribution is 6.01. The molecular weight excluding hydrogens is 338 g/mol. The van der Waals surface area contributed by atoms with E-state index in [4.69, 9.17) is 9.47 Å². The van der Waals surface area contributed by atoms with Crippen LogP contribution in [0.4, 0.5) is 11.6 Å². The van der Waals surface area contributed by atoms with Crippen LogP contribution in [0, 0.1) is 6.92 Å². The number of carbonyl (C=O) groups excluding carboxylic acids is 2. The zero-order valence-corrected chi connectivity index (χ0v) is 14.7. The van der Waals surface area contributed by atoms with Crippen molar-refractivity contribution < 1.29 is 19.1 Å². The van der Waals surface area contributed by atoms with Gasteiger partial charge in [0.05, 0.1) is 19.6 Å². The van der Waals surface area contributed by atoms with Crippen molar-refractivity contribution in [1.82, 2.24) is 14.8 Å². The number of benzene rings is 1. The molecule has 2 heterocycles. The molecule has 0 fully saturated rings. The van der Waals surface area contributed by atoms with Crippen LogP contribution in [0.25, 0.3) is 0 Å². The number of aryl methyl sites for hydroxylation is 1. The van der Waals surface area contributed by atoms with Gasteiger partial charge in [-0.05, 0) is 18.6 Å². The van der Waals surface area contributed by atoms with Crippen molar-refractivity contribution in [3.05, 3.63) is 35.7 Å². The van der Waals surface area contributed by atoms with Crippen LogP contribution in [0.5, 0.6) is 0 Å². The quantitative estimate of drug-likeness (QED) is 0.688. The van der Waals surface area contributed by atoms with E-state index >= 15 is 0 Å². The van der Waals surface area contributed by atoms with E-state index in [1.54, 1.807) is 7.11 Å². The number of aromatic nitrogens is 3. The Balaban J connectivity index is 1.62. The van der Waals surface area contributed by atoms with E-state index < -0.39 is 6.04 Å². The fourth-order valence-corrected chi connectivity index (χ4v) is 2.61. The van der Waals surface area contributed by atoms with Gasteiger partial charge in [0, 0.05) is 12.8 Å². The lowest BCUT2D eigenvalue weighted by atomic mass is 10.1. The second-order valence-electron chi connectivity index (χ2n) is 5.91. The molecule has 2 N–H and O–H groups in total. The molecule has 3 rings (SSSR count). The summed E-state index contributed by atoms with van der Waals surface area (Å²) in [6, 6.07) is 6.74. The Kier molecular flexibility index (Phi) is 5.59. The summed E-state index contributed by atoms with van der Waals surface area (Å²) in [5, 5.41) is 9.74. The second kappa shape index (κ2) is 8.07. The van der Waals surface area contributed by atoms with Crippen molar-refractivity contribution in [2.75, 3.05) is 31.0 Å². The Bertz CT molecular complexity index is 804. The van der Waals surface area contributed by atoms with Crippen LogP contribution in [-0.2, 0) is 25.7 Å². The maximum atomic E-state index is 12.3. The number of amides is 2. The molecule has 2 aromatic rings. The number of carbonyl (C=O) groups is 2. The van der Waals surface area contributed by atoms with Gasteiger partial charge in [-0.1, -0.05) is 18.2 Å². The number of para-hydroxylation sites is 1. The normalized spacial score (nSPS) is 15.6. The molecule has 1 atom stereocenters. The molecule has 0 bridgehead atoms. The number of rotatable bonds is 8. The second-order valence-corrected chi connectivity index (χ2v) is 5.91. The first-order chi connectivity index (χ1) is 12.6. The van der Waals surface area contributed by atoms with Crippen LogP contribution in [0.3, 0.4) is 0 Å². The fraction of sp³-hybridized carbons (Fsp3) is 0.412. The summed E-state index contributed by atoms with van der Waals surface area (Å²) in [5.41, 5.74) is 1.68. The van der Waals surface area contributed by atoms with Gasteiger partial charge in [0.2, 0.25) is 11.9 Å². The van der Waals surface area contributed by atoms with E-state index in [2.05, 4.69) is 20.7 Å². The molecule has 1 aliphatic heterocycles. The predicted octanol–water partition coefficient (Wildman–Crippen LogP) is 1.27. The van der Waals surface area contributed by atoms with Crippen LogP contribution < -0.4 is 10.6 Å². The maximum Gasteiger partial charge on any atom is 0.252 e. The zero-order chi connectivity index (χ0) is 18.5. The monoisotopic (exact) mass is 359 g/mol. The van der Waals surface area contributed by atoms with E-state index in [0.29, 0.717) is 25.0 Å². The lowest BCUT2D eigenvalue weighted by Gasteiger charge is -2.11. The van der Waals surface area contributed by atoms with Crippen LogP contribution >= 0.6 is 0 Å². The van der Waals surface area contributed by atoms with Crippen molar-refractivity contribution in [2.45, 2.75) is 26.0 Å². The van der Waals surface area contributed by atoms with Crippen molar-refractivity contribution in [3.8, 4) is 0 Å². The molecular formula is C17H21N5O4. The standard InChI is InChI=1S/C17H21N5O4/c1-11-5-3-4-6-12(11)18-15(23)9-13-16(24)20-17-19-14(21-22(13)17)10-26-8-7-25-2/h3-6,13H,7-10H2,1-2H3,(H,18,23)(H,19,20,21,24)/t13-/m0/s1. The topological polar surface area (TPSA) is 107 Å². The van der Waals surface area contributed by atoms with E-state index in [-0.39, 0.29) is 24.8 Å². The SMILES string of the molecule is COCCOCc1nc2n(n1)[C@@H](CC(=O)Nc1ccccc1C)C(=O)N2. The summed E-state index contributed by atoms with van der Waals surface area (Å²) in [4.78, 5) is 28.7. The summed E-state index contributed by atoms with van der Waals surface area (Å²) in [7, 11) is 1.59. The summed E-state index contributed by atoms with van der Waals surface area (Å²) in [5.74, 6) is 0.210. The molecule has 9 heteroatoms. The molecule has 1 aliphatic rings. The van der Waals surface area contributed by atoms with E-state index in [1.165, 1.54) is 4.68 Å². The smallest absolute Gasteiger partial charge is 0.252 e. The van der Waals surface area contributed by atoms with Gasteiger partial charge in [-0.3, -0.25) is 14.9 Å².